The molecule has 0 saturated carbocycles. The zero-order valence-corrected chi connectivity index (χ0v) is 13.1. The highest BCUT2D eigenvalue weighted by Crippen LogP contribution is 2.19. The zero-order valence-electron chi connectivity index (χ0n) is 12.3. The number of morpholine rings is 1. The van der Waals surface area contributed by atoms with Crippen LogP contribution in [0.4, 0.5) is 0 Å². The van der Waals surface area contributed by atoms with Crippen molar-refractivity contribution in [1.29, 1.82) is 0 Å². The molecular formula is C14H26N2O5S. The first-order valence-electron chi connectivity index (χ1n) is 7.22. The second kappa shape index (κ2) is 7.92. The summed E-state index contributed by atoms with van der Waals surface area (Å²) < 4.78 is 28.0. The van der Waals surface area contributed by atoms with Crippen LogP contribution < -0.4 is 0 Å². The SMILES string of the molecule is C.CS(=O)(=O)CC[C@@H](C(=O)N1CCOCC1)N1CCCC1=O. The fourth-order valence-corrected chi connectivity index (χ4v) is 3.38. The third-order valence-corrected chi connectivity index (χ3v) is 4.83. The van der Waals surface area contributed by atoms with Gasteiger partial charge in [-0.05, 0) is 12.8 Å². The van der Waals surface area contributed by atoms with Crippen molar-refractivity contribution in [2.24, 2.45) is 0 Å². The summed E-state index contributed by atoms with van der Waals surface area (Å²) in [5.41, 5.74) is 0. The molecule has 0 aliphatic carbocycles. The van der Waals surface area contributed by atoms with Crippen LogP contribution >= 0.6 is 0 Å². The number of ether oxygens (including phenoxy) is 1. The van der Waals surface area contributed by atoms with Crippen LogP contribution in [0.5, 0.6) is 0 Å². The minimum atomic E-state index is -3.16. The molecule has 2 rings (SSSR count). The molecule has 0 aromatic carbocycles. The van der Waals surface area contributed by atoms with Gasteiger partial charge in [0.2, 0.25) is 11.8 Å². The summed E-state index contributed by atoms with van der Waals surface area (Å²) in [7, 11) is -3.16. The zero-order chi connectivity index (χ0) is 15.5. The van der Waals surface area contributed by atoms with Crippen molar-refractivity contribution in [1.82, 2.24) is 9.80 Å². The highest BCUT2D eigenvalue weighted by molar-refractivity contribution is 7.90. The molecule has 128 valence electrons. The van der Waals surface area contributed by atoms with Crippen molar-refractivity contribution < 1.29 is 22.7 Å². The van der Waals surface area contributed by atoms with Crippen molar-refractivity contribution in [3.05, 3.63) is 0 Å². The Morgan fingerprint density at radius 1 is 1.27 bits per heavy atom. The Morgan fingerprint density at radius 3 is 2.41 bits per heavy atom. The van der Waals surface area contributed by atoms with Crippen LogP contribution in [-0.2, 0) is 24.2 Å². The number of hydrogen-bond donors (Lipinski definition) is 0. The van der Waals surface area contributed by atoms with Crippen LogP contribution in [0.25, 0.3) is 0 Å². The molecule has 8 heteroatoms. The summed E-state index contributed by atoms with van der Waals surface area (Å²) in [5.74, 6) is -0.301. The number of likely N-dealkylation sites (tertiary alicyclic amines) is 1. The molecule has 0 aromatic heterocycles. The Labute approximate surface area is 132 Å². The van der Waals surface area contributed by atoms with E-state index in [4.69, 9.17) is 4.74 Å². The smallest absolute Gasteiger partial charge is 0.245 e. The number of amides is 2. The highest BCUT2D eigenvalue weighted by Gasteiger charge is 2.36. The van der Waals surface area contributed by atoms with Gasteiger partial charge in [-0.15, -0.1) is 0 Å². The average molecular weight is 334 g/mol. The van der Waals surface area contributed by atoms with Crippen LogP contribution in [0.15, 0.2) is 0 Å². The lowest BCUT2D eigenvalue weighted by atomic mass is 10.1. The first kappa shape index (κ1) is 18.9. The molecule has 1 atom stereocenters. The lowest BCUT2D eigenvalue weighted by molar-refractivity contribution is -0.146. The fraction of sp³-hybridized carbons (Fsp3) is 0.857. The van der Waals surface area contributed by atoms with E-state index in [1.54, 1.807) is 9.80 Å². The first-order valence-corrected chi connectivity index (χ1v) is 9.28. The molecule has 22 heavy (non-hydrogen) atoms. The molecule has 0 spiro atoms. The van der Waals surface area contributed by atoms with Gasteiger partial charge in [0, 0.05) is 32.3 Å². The summed E-state index contributed by atoms with van der Waals surface area (Å²) in [4.78, 5) is 27.8. The Kier molecular flexibility index (Phi) is 6.80. The quantitative estimate of drug-likeness (QED) is 0.701. The van der Waals surface area contributed by atoms with E-state index >= 15 is 0 Å². The molecule has 0 N–H and O–H groups in total. The van der Waals surface area contributed by atoms with E-state index in [9.17, 15) is 18.0 Å². The van der Waals surface area contributed by atoms with Gasteiger partial charge in [0.1, 0.15) is 15.9 Å². The van der Waals surface area contributed by atoms with Crippen molar-refractivity contribution >= 4 is 21.7 Å². The minimum Gasteiger partial charge on any atom is -0.378 e. The molecule has 2 amide bonds. The maximum atomic E-state index is 12.6. The van der Waals surface area contributed by atoms with Gasteiger partial charge in [-0.2, -0.15) is 0 Å². The lowest BCUT2D eigenvalue weighted by Crippen LogP contribution is -2.52. The molecule has 2 fully saturated rings. The average Bonchev–Trinajstić information content (AvgIpc) is 2.85. The van der Waals surface area contributed by atoms with Crippen molar-refractivity contribution in [2.75, 3.05) is 44.9 Å². The summed E-state index contributed by atoms with van der Waals surface area (Å²) in [6.45, 7) is 2.49. The number of sulfone groups is 1. The molecule has 2 aliphatic heterocycles. The summed E-state index contributed by atoms with van der Waals surface area (Å²) in [6, 6.07) is -0.659. The van der Waals surface area contributed by atoms with Crippen LogP contribution in [0, 0.1) is 0 Å². The number of rotatable bonds is 5. The largest absolute Gasteiger partial charge is 0.378 e. The van der Waals surface area contributed by atoms with Gasteiger partial charge < -0.3 is 14.5 Å². The molecule has 0 radical (unpaired) electrons. The van der Waals surface area contributed by atoms with E-state index in [-0.39, 0.29) is 31.4 Å². The van der Waals surface area contributed by atoms with Crippen molar-refractivity contribution in [3.63, 3.8) is 0 Å². The highest BCUT2D eigenvalue weighted by atomic mass is 32.2. The van der Waals surface area contributed by atoms with E-state index in [2.05, 4.69) is 0 Å². The van der Waals surface area contributed by atoms with Gasteiger partial charge in [0.25, 0.3) is 0 Å². The Hall–Kier alpha value is -1.15. The molecule has 7 nitrogen and oxygen atoms in total. The van der Waals surface area contributed by atoms with E-state index in [1.165, 1.54) is 0 Å². The maximum Gasteiger partial charge on any atom is 0.245 e. The summed E-state index contributed by atoms with van der Waals surface area (Å²) >= 11 is 0. The minimum absolute atomic E-state index is 0. The number of carbonyl (C=O) groups excluding carboxylic acids is 2. The van der Waals surface area contributed by atoms with Gasteiger partial charge in [0.15, 0.2) is 0 Å². The number of carbonyl (C=O) groups is 2. The molecular weight excluding hydrogens is 308 g/mol. The molecule has 0 bridgehead atoms. The fourth-order valence-electron chi connectivity index (χ4n) is 2.73. The third kappa shape index (κ3) is 4.95. The molecule has 0 aromatic rings. The van der Waals surface area contributed by atoms with Crippen molar-refractivity contribution in [2.45, 2.75) is 32.7 Å². The van der Waals surface area contributed by atoms with Crippen LogP contribution in [0.2, 0.25) is 0 Å². The first-order chi connectivity index (χ1) is 9.88. The van der Waals surface area contributed by atoms with Gasteiger partial charge in [-0.25, -0.2) is 8.42 Å². The Balaban J connectivity index is 0.00000242. The van der Waals surface area contributed by atoms with Gasteiger partial charge in [-0.3, -0.25) is 9.59 Å². The van der Waals surface area contributed by atoms with E-state index in [1.807, 2.05) is 0 Å². The maximum absolute atomic E-state index is 12.6. The third-order valence-electron chi connectivity index (χ3n) is 3.86. The molecule has 0 unspecified atom stereocenters. The Morgan fingerprint density at radius 2 is 1.91 bits per heavy atom. The van der Waals surface area contributed by atoms with Gasteiger partial charge >= 0.3 is 0 Å². The second-order valence-corrected chi connectivity index (χ2v) is 7.82. The summed E-state index contributed by atoms with van der Waals surface area (Å²) in [5, 5.41) is 0. The number of hydrogen-bond acceptors (Lipinski definition) is 5. The van der Waals surface area contributed by atoms with E-state index in [0.29, 0.717) is 39.3 Å². The standard InChI is InChI=1S/C13H22N2O5S.CH4/c1-21(18,19)10-4-11(15-5-2-3-12(15)16)13(17)14-6-8-20-9-7-14;/h11H,2-10H2,1H3;1H4/t11-;/m0./s1. The Bertz CT molecular complexity index is 499. The molecule has 2 saturated heterocycles. The van der Waals surface area contributed by atoms with E-state index < -0.39 is 15.9 Å². The van der Waals surface area contributed by atoms with Crippen LogP contribution in [-0.4, -0.2) is 80.9 Å². The molecule has 2 heterocycles. The van der Waals surface area contributed by atoms with Gasteiger partial charge in [-0.1, -0.05) is 7.43 Å². The second-order valence-electron chi connectivity index (χ2n) is 5.56. The van der Waals surface area contributed by atoms with Crippen LogP contribution in [0.1, 0.15) is 26.7 Å². The van der Waals surface area contributed by atoms with Gasteiger partial charge in [0.05, 0.1) is 19.0 Å². The predicted octanol–water partition coefficient (Wildman–Crippen LogP) is -0.0930. The van der Waals surface area contributed by atoms with E-state index in [0.717, 1.165) is 12.7 Å². The van der Waals surface area contributed by atoms with Crippen molar-refractivity contribution in [3.8, 4) is 0 Å². The molecule has 2 aliphatic rings. The lowest BCUT2D eigenvalue weighted by Gasteiger charge is -2.34. The normalized spacial score (nSPS) is 20.7. The van der Waals surface area contributed by atoms with Crippen LogP contribution in [0.3, 0.4) is 0 Å². The topological polar surface area (TPSA) is 84.0 Å². The monoisotopic (exact) mass is 334 g/mol. The number of nitrogens with zero attached hydrogens (tertiary/aromatic N) is 2. The summed E-state index contributed by atoms with van der Waals surface area (Å²) in [6.07, 6.45) is 2.48. The predicted molar refractivity (Wildman–Crippen MR) is 83.2 cm³/mol.